The Hall–Kier alpha value is -3.52. The average Bonchev–Trinajstić information content (AvgIpc) is 3.03. The van der Waals surface area contributed by atoms with Crippen molar-refractivity contribution >= 4 is 0 Å². The third-order valence-electron chi connectivity index (χ3n) is 4.57. The Labute approximate surface area is 242 Å². The van der Waals surface area contributed by atoms with Gasteiger partial charge in [-0.05, 0) is 59.4 Å². The van der Waals surface area contributed by atoms with Crippen LogP contribution in [0.25, 0.3) is 11.1 Å². The van der Waals surface area contributed by atoms with E-state index in [2.05, 4.69) is 62.4 Å². The smallest absolute Gasteiger partial charge is 0.115 e. The van der Waals surface area contributed by atoms with Gasteiger partial charge in [0, 0.05) is 0 Å². The van der Waals surface area contributed by atoms with E-state index in [1.807, 2.05) is 67.5 Å². The first-order valence-corrected chi connectivity index (χ1v) is 14.3. The Kier molecular flexibility index (Phi) is 35.5. The Balaban J connectivity index is -0.000000225. The molecule has 0 saturated heterocycles. The summed E-state index contributed by atoms with van der Waals surface area (Å²) < 4.78 is 0. The highest BCUT2D eigenvalue weighted by atomic mass is 16.3. The molecule has 2 nitrogen and oxygen atoms in total. The molecule has 2 heteroatoms. The Morgan fingerprint density at radius 2 is 0.615 bits per heavy atom. The van der Waals surface area contributed by atoms with Crippen LogP contribution in [0.15, 0.2) is 109 Å². The number of para-hydroxylation sites is 2. The lowest BCUT2D eigenvalue weighted by molar-refractivity contribution is 0.475. The van der Waals surface area contributed by atoms with Crippen molar-refractivity contribution in [2.24, 2.45) is 0 Å². The average molecular weight is 535 g/mol. The van der Waals surface area contributed by atoms with Gasteiger partial charge in [0.1, 0.15) is 11.5 Å². The summed E-state index contributed by atoms with van der Waals surface area (Å²) in [6.07, 6.45) is 2.21. The van der Waals surface area contributed by atoms with E-state index in [1.54, 1.807) is 48.5 Å². The molecule has 0 amide bonds. The molecule has 0 unspecified atom stereocenters. The summed E-state index contributed by atoms with van der Waals surface area (Å²) in [4.78, 5) is 0. The van der Waals surface area contributed by atoms with E-state index < -0.39 is 0 Å². The van der Waals surface area contributed by atoms with Gasteiger partial charge in [-0.1, -0.05) is 162 Å². The monoisotopic (exact) mass is 534 g/mol. The van der Waals surface area contributed by atoms with Gasteiger partial charge in [0.2, 0.25) is 0 Å². The molecule has 0 aliphatic heterocycles. The maximum atomic E-state index is 8.63. The molecule has 0 radical (unpaired) electrons. The fraction of sp³-hybridized carbons (Fsp3) is 0.351. The molecule has 4 aromatic rings. The van der Waals surface area contributed by atoms with Crippen molar-refractivity contribution in [1.29, 1.82) is 0 Å². The molecule has 0 saturated carbocycles. The summed E-state index contributed by atoms with van der Waals surface area (Å²) in [6.45, 7) is 20.4. The molecule has 0 fully saturated rings. The van der Waals surface area contributed by atoms with Crippen LogP contribution < -0.4 is 0 Å². The highest BCUT2D eigenvalue weighted by Gasteiger charge is 1.97. The van der Waals surface area contributed by atoms with E-state index in [9.17, 15) is 0 Å². The van der Waals surface area contributed by atoms with Crippen LogP contribution in [0.1, 0.15) is 87.8 Å². The summed E-state index contributed by atoms with van der Waals surface area (Å²) in [5.41, 5.74) is 5.41. The van der Waals surface area contributed by atoms with E-state index in [-0.39, 0.29) is 7.43 Å². The first-order valence-electron chi connectivity index (χ1n) is 14.3. The fourth-order valence-electron chi connectivity index (χ4n) is 2.72. The van der Waals surface area contributed by atoms with Gasteiger partial charge in [-0.3, -0.25) is 0 Å². The van der Waals surface area contributed by atoms with Gasteiger partial charge in [-0.25, -0.2) is 0 Å². The van der Waals surface area contributed by atoms with Gasteiger partial charge in [0.15, 0.2) is 0 Å². The molecule has 2 N–H and O–H groups in total. The molecular weight excluding hydrogens is 476 g/mol. The van der Waals surface area contributed by atoms with E-state index >= 15 is 0 Å². The largest absolute Gasteiger partial charge is 0.508 e. The van der Waals surface area contributed by atoms with Crippen molar-refractivity contribution < 1.29 is 10.2 Å². The zero-order valence-electron chi connectivity index (χ0n) is 25.7. The molecule has 0 aromatic heterocycles. The highest BCUT2D eigenvalue weighted by molar-refractivity contribution is 5.63. The van der Waals surface area contributed by atoms with Gasteiger partial charge < -0.3 is 10.2 Å². The minimum atomic E-state index is 0. The van der Waals surface area contributed by atoms with Gasteiger partial charge in [-0.15, -0.1) is 0 Å². The zero-order chi connectivity index (χ0) is 29.6. The summed E-state index contributed by atoms with van der Waals surface area (Å²) in [7, 11) is 0. The van der Waals surface area contributed by atoms with Gasteiger partial charge >= 0.3 is 0 Å². The maximum Gasteiger partial charge on any atom is 0.115 e. The third-order valence-corrected chi connectivity index (χ3v) is 4.57. The summed E-state index contributed by atoms with van der Waals surface area (Å²) in [5.74, 6) is 0.644. The number of aromatic hydroxyl groups is 2. The Morgan fingerprint density at radius 3 is 0.769 bits per heavy atom. The lowest BCUT2D eigenvalue weighted by Gasteiger charge is -2.04. The molecule has 0 atom stereocenters. The predicted octanol–water partition coefficient (Wildman–Crippen LogP) is 12.0. The summed E-state index contributed by atoms with van der Waals surface area (Å²) >= 11 is 0. The van der Waals surface area contributed by atoms with Crippen molar-refractivity contribution in [1.82, 2.24) is 0 Å². The second-order valence-corrected chi connectivity index (χ2v) is 6.77. The minimum absolute atomic E-state index is 0. The van der Waals surface area contributed by atoms with Crippen LogP contribution in [0, 0.1) is 0 Å². The SMILES string of the molecule is C.CC.CC.CC.CC.CCc1ccc(-c2ccc(CC)cc2)cc1.Oc1ccccc1.Oc1ccccc1. The topological polar surface area (TPSA) is 40.5 Å². The first-order chi connectivity index (χ1) is 18.6. The maximum absolute atomic E-state index is 8.63. The van der Waals surface area contributed by atoms with E-state index in [0.717, 1.165) is 12.8 Å². The standard InChI is InChI=1S/C16H18.2C6H6O.4C2H6.CH4/c1-3-13-5-9-15(10-6-13)16-11-7-14(4-2)8-12-16;2*7-6-4-2-1-3-5-6;4*1-2;/h5-12H,3-4H2,1-2H3;2*1-5,7H;4*1-2H3;1H4. The number of rotatable bonds is 3. The molecule has 39 heavy (non-hydrogen) atoms. The normalized spacial score (nSPS) is 7.95. The Bertz CT molecular complexity index is 863. The highest BCUT2D eigenvalue weighted by Crippen LogP contribution is 2.20. The number of hydrogen-bond donors (Lipinski definition) is 2. The van der Waals surface area contributed by atoms with E-state index in [4.69, 9.17) is 10.2 Å². The summed E-state index contributed by atoms with van der Waals surface area (Å²) in [6, 6.07) is 35.1. The van der Waals surface area contributed by atoms with E-state index in [1.165, 1.54) is 22.3 Å². The van der Waals surface area contributed by atoms with Crippen LogP contribution >= 0.6 is 0 Å². The number of phenols is 2. The lowest BCUT2D eigenvalue weighted by Crippen LogP contribution is -1.83. The van der Waals surface area contributed by atoms with Crippen LogP contribution in [0.4, 0.5) is 0 Å². The molecule has 4 rings (SSSR count). The number of benzene rings is 4. The Morgan fingerprint density at radius 1 is 0.385 bits per heavy atom. The lowest BCUT2D eigenvalue weighted by atomic mass is 10.0. The van der Waals surface area contributed by atoms with Crippen molar-refractivity contribution in [3.8, 4) is 22.6 Å². The van der Waals surface area contributed by atoms with Crippen LogP contribution in [0.2, 0.25) is 0 Å². The second kappa shape index (κ2) is 32.5. The van der Waals surface area contributed by atoms with Crippen LogP contribution in [-0.4, -0.2) is 10.2 Å². The van der Waals surface area contributed by atoms with Crippen molar-refractivity contribution in [2.45, 2.75) is 89.5 Å². The van der Waals surface area contributed by atoms with Crippen molar-refractivity contribution in [3.05, 3.63) is 120 Å². The van der Waals surface area contributed by atoms with Crippen LogP contribution in [0.5, 0.6) is 11.5 Å². The zero-order valence-corrected chi connectivity index (χ0v) is 25.7. The first kappa shape index (κ1) is 42.6. The third kappa shape index (κ3) is 22.2. The quantitative estimate of drug-likeness (QED) is 0.274. The van der Waals surface area contributed by atoms with Crippen LogP contribution in [0.3, 0.4) is 0 Å². The molecule has 0 spiro atoms. The molecule has 0 heterocycles. The van der Waals surface area contributed by atoms with Crippen molar-refractivity contribution in [2.75, 3.05) is 0 Å². The van der Waals surface area contributed by atoms with Gasteiger partial charge in [-0.2, -0.15) is 0 Å². The van der Waals surface area contributed by atoms with Crippen LogP contribution in [-0.2, 0) is 12.8 Å². The van der Waals surface area contributed by atoms with Gasteiger partial charge in [0.25, 0.3) is 0 Å². The number of aryl methyl sites for hydroxylation is 2. The molecule has 218 valence electrons. The van der Waals surface area contributed by atoms with Gasteiger partial charge in [0.05, 0.1) is 0 Å². The minimum Gasteiger partial charge on any atom is -0.508 e. The summed E-state index contributed by atoms with van der Waals surface area (Å²) in [5, 5.41) is 17.3. The van der Waals surface area contributed by atoms with Crippen molar-refractivity contribution in [3.63, 3.8) is 0 Å². The number of hydrogen-bond acceptors (Lipinski definition) is 2. The fourth-order valence-corrected chi connectivity index (χ4v) is 2.72. The molecule has 0 aliphatic carbocycles. The number of phenolic OH excluding ortho intramolecular Hbond substituents is 2. The predicted molar refractivity (Wildman–Crippen MR) is 179 cm³/mol. The molecular formula is C37H58O2. The van der Waals surface area contributed by atoms with E-state index in [0.29, 0.717) is 11.5 Å². The molecule has 0 aliphatic rings. The second-order valence-electron chi connectivity index (χ2n) is 6.77. The molecule has 0 bridgehead atoms. The molecule has 4 aromatic carbocycles.